The molecule has 0 bridgehead atoms. The van der Waals surface area contributed by atoms with Crippen LogP contribution in [0, 0.1) is 17.2 Å². The van der Waals surface area contributed by atoms with Crippen molar-refractivity contribution in [3.05, 3.63) is 0 Å². The van der Waals surface area contributed by atoms with E-state index >= 15 is 0 Å². The van der Waals surface area contributed by atoms with E-state index in [1.165, 1.54) is 25.7 Å². The number of nitrogens with one attached hydrogen (secondary N) is 2. The molecule has 0 aromatic carbocycles. The number of rotatable bonds is 6. The molecular weight excluding hydrogens is 484 g/mol. The Bertz CT molecular complexity index is 848. The van der Waals surface area contributed by atoms with Gasteiger partial charge in [-0.3, -0.25) is 10.1 Å². The van der Waals surface area contributed by atoms with Gasteiger partial charge in [0.15, 0.2) is 0 Å². The highest BCUT2D eigenvalue weighted by Crippen LogP contribution is 2.29. The number of carbonyl (C=O) groups is 2. The highest BCUT2D eigenvalue weighted by atomic mass is 16.6. The topological polar surface area (TPSA) is 119 Å². The fraction of sp³-hybridized carbons (Fsp3) is 0.857. The normalized spacial score (nSPS) is 24.7. The molecule has 4 fully saturated rings. The summed E-state index contributed by atoms with van der Waals surface area (Å²) < 4.78 is 11.3. The Morgan fingerprint density at radius 1 is 1.03 bits per heavy atom. The van der Waals surface area contributed by atoms with E-state index in [2.05, 4.69) is 21.6 Å². The molecule has 2 N–H and O–H groups in total. The molecule has 4 aliphatic rings. The first-order chi connectivity index (χ1) is 18.5. The summed E-state index contributed by atoms with van der Waals surface area (Å²) in [4.78, 5) is 35.8. The van der Waals surface area contributed by atoms with E-state index in [4.69, 9.17) is 14.5 Å². The van der Waals surface area contributed by atoms with Crippen molar-refractivity contribution in [2.24, 2.45) is 10.9 Å². The Morgan fingerprint density at radius 2 is 1.66 bits per heavy atom. The van der Waals surface area contributed by atoms with Crippen molar-refractivity contribution in [1.29, 1.82) is 5.26 Å². The summed E-state index contributed by atoms with van der Waals surface area (Å²) in [5.41, 5.74) is -0.879. The van der Waals surface area contributed by atoms with Gasteiger partial charge < -0.3 is 24.6 Å². The number of nitrogens with zero attached hydrogens (tertiary/aromatic N) is 4. The van der Waals surface area contributed by atoms with Crippen LogP contribution in [0.2, 0.25) is 0 Å². The molecule has 2 saturated heterocycles. The number of hydrogen-bond acceptors (Lipinski definition) is 7. The summed E-state index contributed by atoms with van der Waals surface area (Å²) in [6.07, 6.45) is 12.0. The van der Waals surface area contributed by atoms with Crippen LogP contribution >= 0.6 is 0 Å². The third kappa shape index (κ3) is 8.31. The fourth-order valence-corrected chi connectivity index (χ4v) is 6.11. The van der Waals surface area contributed by atoms with Crippen LogP contribution in [0.25, 0.3) is 0 Å². The number of ether oxygens (including phenoxy) is 2. The van der Waals surface area contributed by atoms with Crippen molar-refractivity contribution in [2.45, 2.75) is 101 Å². The molecule has 10 heteroatoms. The Kier molecular flexibility index (Phi) is 10.6. The maximum absolute atomic E-state index is 13.8. The van der Waals surface area contributed by atoms with Crippen LogP contribution in [0.1, 0.15) is 83.5 Å². The van der Waals surface area contributed by atoms with E-state index in [0.717, 1.165) is 51.6 Å². The van der Waals surface area contributed by atoms with E-state index < -0.39 is 17.7 Å². The van der Waals surface area contributed by atoms with E-state index in [9.17, 15) is 14.9 Å². The quantitative estimate of drug-likeness (QED) is 0.400. The SMILES string of the molecule is CN1CCC(C#N)(NC(=O)[C@H](CC2CCCCC2)N=C(NC(=O)OC2CCCCC2)N2CCOCC2)CC1. The maximum Gasteiger partial charge on any atom is 0.414 e. The Balaban J connectivity index is 1.53. The molecule has 0 spiro atoms. The second kappa shape index (κ2) is 14.1. The number of carbonyl (C=O) groups excluding carboxylic acids is 2. The lowest BCUT2D eigenvalue weighted by molar-refractivity contribution is -0.124. The second-order valence-electron chi connectivity index (χ2n) is 11.6. The van der Waals surface area contributed by atoms with Gasteiger partial charge in [-0.15, -0.1) is 0 Å². The Labute approximate surface area is 227 Å². The fourth-order valence-electron chi connectivity index (χ4n) is 6.11. The average Bonchev–Trinajstić information content (AvgIpc) is 2.95. The van der Waals surface area contributed by atoms with Gasteiger partial charge in [0.05, 0.1) is 19.3 Å². The van der Waals surface area contributed by atoms with Gasteiger partial charge in [0, 0.05) is 26.2 Å². The molecule has 2 saturated carbocycles. The molecule has 10 nitrogen and oxygen atoms in total. The molecule has 2 heterocycles. The minimum atomic E-state index is -0.879. The minimum Gasteiger partial charge on any atom is -0.446 e. The van der Waals surface area contributed by atoms with E-state index in [-0.39, 0.29) is 12.0 Å². The molecule has 2 amide bonds. The first-order valence-electron chi connectivity index (χ1n) is 14.8. The number of alkyl carbamates (subject to hydrolysis) is 1. The zero-order valence-electron chi connectivity index (χ0n) is 23.1. The number of guanidine groups is 1. The molecule has 0 aromatic heterocycles. The summed E-state index contributed by atoms with van der Waals surface area (Å²) in [6, 6.07) is 1.71. The van der Waals surface area contributed by atoms with Crippen LogP contribution < -0.4 is 10.6 Å². The molecule has 212 valence electrons. The van der Waals surface area contributed by atoms with Crippen molar-refractivity contribution in [1.82, 2.24) is 20.4 Å². The largest absolute Gasteiger partial charge is 0.446 e. The van der Waals surface area contributed by atoms with Gasteiger partial charge in [-0.05, 0) is 57.9 Å². The molecule has 2 aliphatic carbocycles. The van der Waals surface area contributed by atoms with Crippen molar-refractivity contribution >= 4 is 18.0 Å². The highest BCUT2D eigenvalue weighted by Gasteiger charge is 2.38. The van der Waals surface area contributed by atoms with Crippen molar-refractivity contribution in [3.8, 4) is 6.07 Å². The van der Waals surface area contributed by atoms with Crippen LogP contribution in [-0.4, -0.2) is 91.9 Å². The zero-order chi connectivity index (χ0) is 26.8. The van der Waals surface area contributed by atoms with Gasteiger partial charge in [0.2, 0.25) is 11.9 Å². The van der Waals surface area contributed by atoms with Crippen LogP contribution in [0.5, 0.6) is 0 Å². The third-order valence-corrected chi connectivity index (χ3v) is 8.63. The second-order valence-corrected chi connectivity index (χ2v) is 11.6. The van der Waals surface area contributed by atoms with Crippen molar-refractivity contribution < 1.29 is 19.1 Å². The number of morpholine rings is 1. The van der Waals surface area contributed by atoms with Crippen molar-refractivity contribution in [3.63, 3.8) is 0 Å². The number of amides is 2. The Hall–Kier alpha value is -2.38. The smallest absolute Gasteiger partial charge is 0.414 e. The van der Waals surface area contributed by atoms with Crippen LogP contribution in [-0.2, 0) is 14.3 Å². The zero-order valence-corrected chi connectivity index (χ0v) is 23.1. The third-order valence-electron chi connectivity index (χ3n) is 8.63. The van der Waals surface area contributed by atoms with Gasteiger partial charge in [0.25, 0.3) is 0 Å². The summed E-state index contributed by atoms with van der Waals surface area (Å²) >= 11 is 0. The van der Waals surface area contributed by atoms with E-state index in [0.29, 0.717) is 57.4 Å². The lowest BCUT2D eigenvalue weighted by Gasteiger charge is -2.37. The molecular formula is C28H46N6O4. The number of likely N-dealkylation sites (tertiary alicyclic amines) is 1. The highest BCUT2D eigenvalue weighted by molar-refractivity contribution is 5.96. The summed E-state index contributed by atoms with van der Waals surface area (Å²) in [6.45, 7) is 3.74. The van der Waals surface area contributed by atoms with Crippen molar-refractivity contribution in [2.75, 3.05) is 46.4 Å². The van der Waals surface area contributed by atoms with Gasteiger partial charge in [-0.2, -0.15) is 5.26 Å². The van der Waals surface area contributed by atoms with Crippen LogP contribution in [0.4, 0.5) is 4.79 Å². The van der Waals surface area contributed by atoms with Gasteiger partial charge in [-0.25, -0.2) is 9.79 Å². The Morgan fingerprint density at radius 3 is 2.29 bits per heavy atom. The van der Waals surface area contributed by atoms with Gasteiger partial charge in [-0.1, -0.05) is 38.5 Å². The summed E-state index contributed by atoms with van der Waals surface area (Å²) in [7, 11) is 2.03. The minimum absolute atomic E-state index is 0.0732. The van der Waals surface area contributed by atoms with E-state index in [1.807, 2.05) is 11.9 Å². The first-order valence-corrected chi connectivity index (χ1v) is 14.8. The lowest BCUT2D eigenvalue weighted by Crippen LogP contribution is -2.56. The predicted molar refractivity (Wildman–Crippen MR) is 145 cm³/mol. The maximum atomic E-state index is 13.8. The number of hydrogen-bond donors (Lipinski definition) is 2. The summed E-state index contributed by atoms with van der Waals surface area (Å²) in [5, 5.41) is 16.0. The molecule has 38 heavy (non-hydrogen) atoms. The first kappa shape index (κ1) is 28.6. The molecule has 0 unspecified atom stereocenters. The average molecular weight is 531 g/mol. The molecule has 1 atom stereocenters. The lowest BCUT2D eigenvalue weighted by atomic mass is 9.84. The standard InChI is InChI=1S/C28H46N6O4/c1-33-14-12-28(21-29,13-15-33)32-25(35)24(20-22-8-4-2-5-9-22)30-26(34-16-18-37-19-17-34)31-27(36)38-23-10-6-3-7-11-23/h22-24H,2-20H2,1H3,(H,32,35)(H,30,31,36)/t24-/m0/s1. The molecule has 2 aliphatic heterocycles. The molecule has 4 rings (SSSR count). The van der Waals surface area contributed by atoms with Gasteiger partial charge >= 0.3 is 6.09 Å². The predicted octanol–water partition coefficient (Wildman–Crippen LogP) is 3.18. The number of piperidine rings is 1. The van der Waals surface area contributed by atoms with E-state index in [1.54, 1.807) is 0 Å². The molecule has 0 radical (unpaired) electrons. The van der Waals surface area contributed by atoms with Crippen LogP contribution in [0.15, 0.2) is 4.99 Å². The monoisotopic (exact) mass is 530 g/mol. The van der Waals surface area contributed by atoms with Gasteiger partial charge in [0.1, 0.15) is 17.7 Å². The van der Waals surface area contributed by atoms with Crippen LogP contribution in [0.3, 0.4) is 0 Å². The molecule has 0 aromatic rings. The summed E-state index contributed by atoms with van der Waals surface area (Å²) in [5.74, 6) is 0.549. The number of nitriles is 1. The number of aliphatic imine (C=N–C) groups is 1.